The smallest absolute Gasteiger partial charge is 0.335 e. The Morgan fingerprint density at radius 2 is 2.05 bits per heavy atom. The van der Waals surface area contributed by atoms with Gasteiger partial charge in [0.05, 0.1) is 11.6 Å². The molecule has 1 fully saturated rings. The van der Waals surface area contributed by atoms with Crippen molar-refractivity contribution in [3.05, 3.63) is 29.8 Å². The van der Waals surface area contributed by atoms with E-state index in [1.807, 2.05) is 0 Å². The number of carboxylic acids is 1. The van der Waals surface area contributed by atoms with Gasteiger partial charge in [-0.3, -0.25) is 4.79 Å². The molecular weight excluding hydrogens is 256 g/mol. The summed E-state index contributed by atoms with van der Waals surface area (Å²) in [6, 6.07) is 6.04. The van der Waals surface area contributed by atoms with Crippen LogP contribution >= 0.6 is 0 Å². The molecule has 1 amide bonds. The molecule has 1 aromatic rings. The lowest BCUT2D eigenvalue weighted by molar-refractivity contribution is -0.119. The molecule has 2 unspecified atom stereocenters. The monoisotopic (exact) mass is 276 g/mol. The van der Waals surface area contributed by atoms with Crippen LogP contribution in [0.5, 0.6) is 0 Å². The third-order valence-corrected chi connectivity index (χ3v) is 3.81. The molecule has 0 bridgehead atoms. The standard InChI is InChI=1S/C15H20N2O3/c1-2-10-7-8-16-13(9-10)14(18)17-12-5-3-11(4-6-12)15(19)20/h3-6,10,13,16H,2,7-9H2,1H3,(H,17,18)(H,19,20). The molecule has 1 saturated heterocycles. The van der Waals surface area contributed by atoms with Gasteiger partial charge in [0.2, 0.25) is 5.91 Å². The molecule has 2 rings (SSSR count). The van der Waals surface area contributed by atoms with Gasteiger partial charge in [-0.1, -0.05) is 13.3 Å². The quantitative estimate of drug-likeness (QED) is 0.787. The van der Waals surface area contributed by atoms with Gasteiger partial charge in [0.15, 0.2) is 0 Å². The van der Waals surface area contributed by atoms with Crippen LogP contribution in [-0.2, 0) is 4.79 Å². The van der Waals surface area contributed by atoms with Crippen LogP contribution in [-0.4, -0.2) is 29.6 Å². The molecule has 108 valence electrons. The van der Waals surface area contributed by atoms with Gasteiger partial charge in [-0.05, 0) is 49.6 Å². The molecular formula is C15H20N2O3. The Bertz CT molecular complexity index is 484. The fourth-order valence-electron chi connectivity index (χ4n) is 2.49. The van der Waals surface area contributed by atoms with Crippen molar-refractivity contribution < 1.29 is 14.7 Å². The van der Waals surface area contributed by atoms with Crippen molar-refractivity contribution in [2.24, 2.45) is 5.92 Å². The molecule has 3 N–H and O–H groups in total. The summed E-state index contributed by atoms with van der Waals surface area (Å²) >= 11 is 0. The summed E-state index contributed by atoms with van der Waals surface area (Å²) in [5.41, 5.74) is 0.838. The predicted molar refractivity (Wildman–Crippen MR) is 76.8 cm³/mol. The summed E-state index contributed by atoms with van der Waals surface area (Å²) in [7, 11) is 0. The number of hydrogen-bond acceptors (Lipinski definition) is 3. The number of rotatable bonds is 4. The van der Waals surface area contributed by atoms with E-state index in [1.165, 1.54) is 12.1 Å². The Labute approximate surface area is 118 Å². The van der Waals surface area contributed by atoms with Gasteiger partial charge >= 0.3 is 5.97 Å². The first-order valence-electron chi connectivity index (χ1n) is 6.97. The van der Waals surface area contributed by atoms with Crippen LogP contribution in [0.3, 0.4) is 0 Å². The highest BCUT2D eigenvalue weighted by atomic mass is 16.4. The lowest BCUT2D eigenvalue weighted by Crippen LogP contribution is -2.46. The minimum atomic E-state index is -0.970. The second kappa shape index (κ2) is 6.52. The molecule has 1 aliphatic rings. The zero-order valence-corrected chi connectivity index (χ0v) is 11.6. The lowest BCUT2D eigenvalue weighted by atomic mass is 9.90. The first-order valence-corrected chi connectivity index (χ1v) is 6.97. The summed E-state index contributed by atoms with van der Waals surface area (Å²) in [6.45, 7) is 3.02. The van der Waals surface area contributed by atoms with Crippen LogP contribution in [0.2, 0.25) is 0 Å². The van der Waals surface area contributed by atoms with Crippen molar-refractivity contribution in [3.63, 3.8) is 0 Å². The minimum absolute atomic E-state index is 0.0498. The number of carbonyl (C=O) groups excluding carboxylic acids is 1. The number of benzene rings is 1. The van der Waals surface area contributed by atoms with Gasteiger partial charge in [0.1, 0.15) is 0 Å². The second-order valence-electron chi connectivity index (χ2n) is 5.18. The van der Waals surface area contributed by atoms with Gasteiger partial charge in [-0.15, -0.1) is 0 Å². The first-order chi connectivity index (χ1) is 9.60. The summed E-state index contributed by atoms with van der Waals surface area (Å²) in [4.78, 5) is 22.9. The molecule has 1 aromatic carbocycles. The third kappa shape index (κ3) is 3.57. The maximum Gasteiger partial charge on any atom is 0.335 e. The topological polar surface area (TPSA) is 78.4 Å². The number of anilines is 1. The number of piperidine rings is 1. The van der Waals surface area contributed by atoms with Crippen LogP contribution < -0.4 is 10.6 Å². The summed E-state index contributed by atoms with van der Waals surface area (Å²) < 4.78 is 0. The van der Waals surface area contributed by atoms with Crippen LogP contribution in [0, 0.1) is 5.92 Å². The Morgan fingerprint density at radius 1 is 1.35 bits per heavy atom. The molecule has 2 atom stereocenters. The molecule has 20 heavy (non-hydrogen) atoms. The number of nitrogens with one attached hydrogen (secondary N) is 2. The number of hydrogen-bond donors (Lipinski definition) is 3. The van der Waals surface area contributed by atoms with Crippen molar-refractivity contribution in [1.82, 2.24) is 5.32 Å². The van der Waals surface area contributed by atoms with Crippen molar-refractivity contribution in [2.45, 2.75) is 32.2 Å². The van der Waals surface area contributed by atoms with Crippen LogP contribution in [0.25, 0.3) is 0 Å². The van der Waals surface area contributed by atoms with E-state index < -0.39 is 5.97 Å². The second-order valence-corrected chi connectivity index (χ2v) is 5.18. The van der Waals surface area contributed by atoms with Crippen LogP contribution in [0.1, 0.15) is 36.5 Å². The Kier molecular flexibility index (Phi) is 4.74. The fraction of sp³-hybridized carbons (Fsp3) is 0.467. The van der Waals surface area contributed by atoms with Gasteiger partial charge in [-0.25, -0.2) is 4.79 Å². The zero-order valence-electron chi connectivity index (χ0n) is 11.6. The maximum absolute atomic E-state index is 12.2. The summed E-state index contributed by atoms with van der Waals surface area (Å²) in [6.07, 6.45) is 3.07. The van der Waals surface area contributed by atoms with Crippen molar-refractivity contribution >= 4 is 17.6 Å². The van der Waals surface area contributed by atoms with E-state index in [4.69, 9.17) is 5.11 Å². The molecule has 0 saturated carbocycles. The van der Waals surface area contributed by atoms with Crippen molar-refractivity contribution in [2.75, 3.05) is 11.9 Å². The highest BCUT2D eigenvalue weighted by Gasteiger charge is 2.25. The Hall–Kier alpha value is -1.88. The van der Waals surface area contributed by atoms with E-state index in [-0.39, 0.29) is 17.5 Å². The zero-order chi connectivity index (χ0) is 14.5. The highest BCUT2D eigenvalue weighted by Crippen LogP contribution is 2.20. The highest BCUT2D eigenvalue weighted by molar-refractivity contribution is 5.95. The van der Waals surface area contributed by atoms with E-state index >= 15 is 0 Å². The summed E-state index contributed by atoms with van der Waals surface area (Å²) in [5.74, 6) is -0.421. The van der Waals surface area contributed by atoms with Gasteiger partial charge < -0.3 is 15.7 Å². The van der Waals surface area contributed by atoms with E-state index in [0.29, 0.717) is 11.6 Å². The largest absolute Gasteiger partial charge is 0.478 e. The van der Waals surface area contributed by atoms with Gasteiger partial charge in [0, 0.05) is 5.69 Å². The SMILES string of the molecule is CCC1CCNC(C(=O)Nc2ccc(C(=O)O)cc2)C1. The fourth-order valence-corrected chi connectivity index (χ4v) is 2.49. The van der Waals surface area contributed by atoms with E-state index in [2.05, 4.69) is 17.6 Å². The summed E-state index contributed by atoms with van der Waals surface area (Å²) in [5, 5.41) is 14.9. The first kappa shape index (κ1) is 14.5. The third-order valence-electron chi connectivity index (χ3n) is 3.81. The van der Waals surface area contributed by atoms with Gasteiger partial charge in [0.25, 0.3) is 0 Å². The van der Waals surface area contributed by atoms with Crippen molar-refractivity contribution in [1.29, 1.82) is 0 Å². The minimum Gasteiger partial charge on any atom is -0.478 e. The van der Waals surface area contributed by atoms with E-state index in [9.17, 15) is 9.59 Å². The molecule has 0 aromatic heterocycles. The molecule has 5 nitrogen and oxygen atoms in total. The average Bonchev–Trinajstić information content (AvgIpc) is 2.47. The normalized spacial score (nSPS) is 22.2. The maximum atomic E-state index is 12.2. The van der Waals surface area contributed by atoms with Crippen LogP contribution in [0.15, 0.2) is 24.3 Å². The molecule has 1 aliphatic heterocycles. The number of carbonyl (C=O) groups is 2. The van der Waals surface area contributed by atoms with Crippen LogP contribution in [0.4, 0.5) is 5.69 Å². The molecule has 1 heterocycles. The predicted octanol–water partition coefficient (Wildman–Crippen LogP) is 2.10. The van der Waals surface area contributed by atoms with E-state index in [0.717, 1.165) is 25.8 Å². The number of aromatic carboxylic acids is 1. The molecule has 0 aliphatic carbocycles. The van der Waals surface area contributed by atoms with Gasteiger partial charge in [-0.2, -0.15) is 0 Å². The number of carboxylic acid groups (broad SMARTS) is 1. The molecule has 0 spiro atoms. The van der Waals surface area contributed by atoms with E-state index in [1.54, 1.807) is 12.1 Å². The Morgan fingerprint density at radius 3 is 2.65 bits per heavy atom. The lowest BCUT2D eigenvalue weighted by Gasteiger charge is -2.28. The number of amides is 1. The average molecular weight is 276 g/mol. The molecule has 5 heteroatoms. The Balaban J connectivity index is 1.95. The molecule has 0 radical (unpaired) electrons. The van der Waals surface area contributed by atoms with Crippen molar-refractivity contribution in [3.8, 4) is 0 Å².